The average Bonchev–Trinajstić information content (AvgIpc) is 2.97. The maximum Gasteiger partial charge on any atom is 0.325 e. The molecule has 3 rings (SSSR count). The van der Waals surface area contributed by atoms with E-state index in [0.29, 0.717) is 54.9 Å². The summed E-state index contributed by atoms with van der Waals surface area (Å²) in [4.78, 5) is 20.3. The molecular formula is C32H50NO7PS. The molecule has 0 unspecified atom stereocenters. The normalized spacial score (nSPS) is 21.4. The van der Waals surface area contributed by atoms with E-state index in [9.17, 15) is 18.1 Å². The van der Waals surface area contributed by atoms with Gasteiger partial charge in [-0.15, -0.1) is 0 Å². The van der Waals surface area contributed by atoms with Gasteiger partial charge in [-0.2, -0.15) is 0 Å². The number of aliphatic hydroxyl groups is 1. The van der Waals surface area contributed by atoms with Crippen LogP contribution in [-0.4, -0.2) is 61.5 Å². The number of anilines is 1. The van der Waals surface area contributed by atoms with Gasteiger partial charge < -0.3 is 24.5 Å². The second-order valence-electron chi connectivity index (χ2n) is 12.3. The van der Waals surface area contributed by atoms with Gasteiger partial charge in [-0.05, 0) is 80.5 Å². The molecule has 2 aromatic rings. The minimum atomic E-state index is -3.97. The predicted molar refractivity (Wildman–Crippen MR) is 169 cm³/mol. The fourth-order valence-corrected chi connectivity index (χ4v) is 9.28. The molecular weight excluding hydrogens is 573 g/mol. The van der Waals surface area contributed by atoms with E-state index < -0.39 is 34.4 Å². The van der Waals surface area contributed by atoms with E-state index in [1.165, 1.54) is 0 Å². The monoisotopic (exact) mass is 623 g/mol. The lowest BCUT2D eigenvalue weighted by atomic mass is 9.60. The Hall–Kier alpha value is -1.90. The smallest absolute Gasteiger partial charge is 0.325 e. The molecule has 0 saturated heterocycles. The van der Waals surface area contributed by atoms with Crippen LogP contribution in [0.4, 0.5) is 5.69 Å². The Bertz CT molecular complexity index is 1310. The van der Waals surface area contributed by atoms with E-state index >= 15 is 0 Å². The van der Waals surface area contributed by atoms with Gasteiger partial charge in [-0.3, -0.25) is 4.57 Å². The van der Waals surface area contributed by atoms with Gasteiger partial charge >= 0.3 is 7.60 Å². The maximum atomic E-state index is 14.1. The maximum absolute atomic E-state index is 14.1. The summed E-state index contributed by atoms with van der Waals surface area (Å²) in [5, 5.41) is 12.7. The number of fused-ring (bicyclic) bond motifs is 1. The fraction of sp³-hybridized carbons (Fsp3) is 0.625. The predicted octanol–water partition coefficient (Wildman–Crippen LogP) is 6.52. The first-order valence-electron chi connectivity index (χ1n) is 15.2. The quantitative estimate of drug-likeness (QED) is 0.151. The molecule has 1 heterocycles. The van der Waals surface area contributed by atoms with E-state index in [4.69, 9.17) is 14.5 Å². The first kappa shape index (κ1) is 34.6. The Morgan fingerprint density at radius 3 is 2.12 bits per heavy atom. The molecule has 0 aromatic heterocycles. The topological polar surface area (TPSA) is 124 Å². The molecule has 42 heavy (non-hydrogen) atoms. The van der Waals surface area contributed by atoms with E-state index in [-0.39, 0.29) is 11.9 Å². The highest BCUT2D eigenvalue weighted by atomic mass is 32.2. The highest BCUT2D eigenvalue weighted by molar-refractivity contribution is 7.91. The summed E-state index contributed by atoms with van der Waals surface area (Å²) in [6, 6.07) is 13.0. The molecule has 0 saturated carbocycles. The van der Waals surface area contributed by atoms with Gasteiger partial charge in [-0.1, -0.05) is 51.7 Å². The van der Waals surface area contributed by atoms with Crippen LogP contribution in [0.25, 0.3) is 0 Å². The lowest BCUT2D eigenvalue weighted by molar-refractivity contribution is -0.0815. The van der Waals surface area contributed by atoms with Crippen LogP contribution in [0.5, 0.6) is 5.75 Å². The Kier molecular flexibility index (Phi) is 11.7. The Balaban J connectivity index is 2.04. The average molecular weight is 624 g/mol. The Morgan fingerprint density at radius 2 is 1.57 bits per heavy atom. The number of hydrogen-bond acceptors (Lipinski definition) is 6. The van der Waals surface area contributed by atoms with Crippen LogP contribution in [-0.2, 0) is 14.4 Å². The van der Waals surface area contributed by atoms with Crippen molar-refractivity contribution in [1.29, 1.82) is 0 Å². The third kappa shape index (κ3) is 8.17. The minimum Gasteiger partial charge on any atom is -0.494 e. The van der Waals surface area contributed by atoms with Crippen LogP contribution >= 0.6 is 7.60 Å². The first-order chi connectivity index (χ1) is 19.7. The van der Waals surface area contributed by atoms with Crippen LogP contribution in [0.1, 0.15) is 95.6 Å². The van der Waals surface area contributed by atoms with Crippen LogP contribution < -0.4 is 9.64 Å². The summed E-state index contributed by atoms with van der Waals surface area (Å²) in [6.45, 7) is 6.46. The van der Waals surface area contributed by atoms with Gasteiger partial charge in [0.2, 0.25) is 0 Å². The molecule has 1 aliphatic rings. The van der Waals surface area contributed by atoms with E-state index in [1.54, 1.807) is 6.07 Å². The van der Waals surface area contributed by atoms with Crippen LogP contribution in [0.15, 0.2) is 47.4 Å². The number of rotatable bonds is 15. The molecule has 0 bridgehead atoms. The molecule has 0 amide bonds. The summed E-state index contributed by atoms with van der Waals surface area (Å²) < 4.78 is 45.1. The summed E-state index contributed by atoms with van der Waals surface area (Å²) in [7, 11) is -3.82. The lowest BCUT2D eigenvalue weighted by Crippen LogP contribution is -2.52. The summed E-state index contributed by atoms with van der Waals surface area (Å²) in [6.07, 6.45) is 6.42. The van der Waals surface area contributed by atoms with Crippen molar-refractivity contribution >= 4 is 23.1 Å². The molecule has 0 fully saturated rings. The van der Waals surface area contributed by atoms with Crippen molar-refractivity contribution in [2.24, 2.45) is 5.41 Å². The van der Waals surface area contributed by atoms with Crippen molar-refractivity contribution in [2.45, 2.75) is 95.0 Å². The van der Waals surface area contributed by atoms with Crippen molar-refractivity contribution in [1.82, 2.24) is 0 Å². The van der Waals surface area contributed by atoms with Gasteiger partial charge in [-0.25, -0.2) is 8.42 Å². The minimum absolute atomic E-state index is 0.0823. The van der Waals surface area contributed by atoms with Gasteiger partial charge in [0.15, 0.2) is 9.84 Å². The fourth-order valence-electron chi connectivity index (χ4n) is 6.37. The van der Waals surface area contributed by atoms with Gasteiger partial charge in [0.05, 0.1) is 22.9 Å². The second-order valence-corrected chi connectivity index (χ2v) is 16.0. The highest BCUT2D eigenvalue weighted by Crippen LogP contribution is 2.56. The molecule has 2 aromatic carbocycles. The zero-order valence-electron chi connectivity index (χ0n) is 25.9. The SMILES string of the molecule is CCCCC1(CCCC)CS(=O)(=O)c2ccc(N(C)C)cc2[C@@H](c2ccc(OCCCCCP(=O)(O)O)cc2)[C@]1(C)O. The van der Waals surface area contributed by atoms with E-state index in [2.05, 4.69) is 13.8 Å². The summed E-state index contributed by atoms with van der Waals surface area (Å²) in [5.74, 6) is 0.00121. The zero-order chi connectivity index (χ0) is 31.2. The van der Waals surface area contributed by atoms with Crippen LogP contribution in [0.2, 0.25) is 0 Å². The van der Waals surface area contributed by atoms with Gasteiger partial charge in [0, 0.05) is 37.3 Å². The molecule has 3 N–H and O–H groups in total. The first-order valence-corrected chi connectivity index (χ1v) is 18.7. The Labute approximate surface area is 252 Å². The van der Waals surface area contributed by atoms with Crippen molar-refractivity contribution in [3.05, 3.63) is 53.6 Å². The lowest BCUT2D eigenvalue weighted by Gasteiger charge is -2.48. The number of sulfone groups is 1. The summed E-state index contributed by atoms with van der Waals surface area (Å²) >= 11 is 0. The number of ether oxygens (including phenoxy) is 1. The highest BCUT2D eigenvalue weighted by Gasteiger charge is 2.56. The van der Waals surface area contributed by atoms with E-state index in [1.807, 2.05) is 62.3 Å². The van der Waals surface area contributed by atoms with Crippen molar-refractivity contribution < 1.29 is 32.6 Å². The molecule has 10 heteroatoms. The molecule has 0 radical (unpaired) electrons. The van der Waals surface area contributed by atoms with Gasteiger partial charge in [0.25, 0.3) is 0 Å². The summed E-state index contributed by atoms with van der Waals surface area (Å²) in [5.41, 5.74) is 0.169. The third-order valence-electron chi connectivity index (χ3n) is 8.85. The van der Waals surface area contributed by atoms with Gasteiger partial charge in [0.1, 0.15) is 5.75 Å². The van der Waals surface area contributed by atoms with Crippen molar-refractivity contribution in [3.8, 4) is 5.75 Å². The molecule has 0 spiro atoms. The van der Waals surface area contributed by atoms with Crippen LogP contribution in [0, 0.1) is 5.41 Å². The molecule has 0 aliphatic carbocycles. The number of benzene rings is 2. The van der Waals surface area contributed by atoms with Crippen molar-refractivity contribution in [3.63, 3.8) is 0 Å². The Morgan fingerprint density at radius 1 is 0.952 bits per heavy atom. The molecule has 236 valence electrons. The third-order valence-corrected chi connectivity index (χ3v) is 11.7. The molecule has 8 nitrogen and oxygen atoms in total. The van der Waals surface area contributed by atoms with Crippen molar-refractivity contribution in [2.75, 3.05) is 37.5 Å². The zero-order valence-corrected chi connectivity index (χ0v) is 27.6. The number of nitrogens with zero attached hydrogens (tertiary/aromatic N) is 1. The molecule has 2 atom stereocenters. The number of hydrogen-bond donors (Lipinski definition) is 3. The van der Waals surface area contributed by atoms with Crippen LogP contribution in [0.3, 0.4) is 0 Å². The second kappa shape index (κ2) is 14.3. The standard InChI is InChI=1S/C32H50NO7PS/c1-6-8-19-32(20-9-7-2)24-42(38,39)29-18-15-26(33(4)5)23-28(29)30(31(32,3)34)25-13-16-27(17-14-25)40-21-11-10-12-22-41(35,36)37/h13-18,23,30,34H,6-12,19-22,24H2,1-5H3,(H2,35,36,37)/t30-,31+/m1/s1. The molecule has 1 aliphatic heterocycles. The number of unbranched alkanes of at least 4 members (excludes halogenated alkanes) is 4. The van der Waals surface area contributed by atoms with E-state index in [0.717, 1.165) is 36.9 Å². The largest absolute Gasteiger partial charge is 0.494 e.